The number of nitrogens with one attached hydrogen (secondary N) is 2. The third kappa shape index (κ3) is 4.75. The first kappa shape index (κ1) is 19.8. The molecule has 0 spiro atoms. The molecule has 0 aromatic heterocycles. The molecule has 0 aliphatic rings. The first-order chi connectivity index (χ1) is 11.8. The second kappa shape index (κ2) is 8.70. The Morgan fingerprint density at radius 2 is 1.96 bits per heavy atom. The summed E-state index contributed by atoms with van der Waals surface area (Å²) in [4.78, 5) is 16.6. The Morgan fingerprint density at radius 3 is 2.60 bits per heavy atom. The highest BCUT2D eigenvalue weighted by molar-refractivity contribution is 14.1. The van der Waals surface area contributed by atoms with Crippen LogP contribution in [0.15, 0.2) is 24.3 Å². The van der Waals surface area contributed by atoms with E-state index in [1.807, 2.05) is 28.1 Å². The summed E-state index contributed by atoms with van der Waals surface area (Å²) in [5.41, 5.74) is 0.944. The summed E-state index contributed by atoms with van der Waals surface area (Å²) in [6.07, 6.45) is 0. The van der Waals surface area contributed by atoms with Gasteiger partial charge < -0.3 is 10.4 Å². The standard InChI is InChI=1S/C15H11ClF3IN2O3/c16-9-5-7(20)1-2-11(9)21-14-8(15(24)22-25-4-3-23)6-10(17)12(18)13(14)19/h1-2,5-6,21,23H,3-4H2,(H,22,24). The maximum Gasteiger partial charge on any atom is 0.277 e. The number of carbonyl (C=O) groups excluding carboxylic acids is 1. The number of carbonyl (C=O) groups is 1. The Balaban J connectivity index is 2.44. The monoisotopic (exact) mass is 486 g/mol. The van der Waals surface area contributed by atoms with Gasteiger partial charge >= 0.3 is 0 Å². The largest absolute Gasteiger partial charge is 0.394 e. The zero-order valence-corrected chi connectivity index (χ0v) is 15.3. The molecular weight excluding hydrogens is 476 g/mol. The lowest BCUT2D eigenvalue weighted by Gasteiger charge is -2.15. The lowest BCUT2D eigenvalue weighted by molar-refractivity contribution is 0.0168. The summed E-state index contributed by atoms with van der Waals surface area (Å²) in [5.74, 6) is -5.89. The smallest absolute Gasteiger partial charge is 0.277 e. The van der Waals surface area contributed by atoms with Gasteiger partial charge in [-0.1, -0.05) is 11.6 Å². The molecule has 0 saturated carbocycles. The van der Waals surface area contributed by atoms with Crippen molar-refractivity contribution in [3.8, 4) is 0 Å². The van der Waals surface area contributed by atoms with Gasteiger partial charge in [-0.15, -0.1) is 0 Å². The first-order valence-corrected chi connectivity index (χ1v) is 8.23. The minimum absolute atomic E-state index is 0.192. The van der Waals surface area contributed by atoms with Crippen LogP contribution < -0.4 is 10.8 Å². The Bertz CT molecular complexity index is 808. The number of hydrogen-bond acceptors (Lipinski definition) is 4. The Hall–Kier alpha value is -1.56. The van der Waals surface area contributed by atoms with Gasteiger partial charge in [-0.05, 0) is 46.9 Å². The summed E-state index contributed by atoms with van der Waals surface area (Å²) in [6.45, 7) is -0.612. The lowest BCUT2D eigenvalue weighted by Crippen LogP contribution is -2.26. The average molecular weight is 487 g/mol. The molecule has 25 heavy (non-hydrogen) atoms. The maximum absolute atomic E-state index is 14.2. The molecule has 0 saturated heterocycles. The summed E-state index contributed by atoms with van der Waals surface area (Å²) >= 11 is 8.04. The molecule has 0 aliphatic carbocycles. The van der Waals surface area contributed by atoms with E-state index in [0.717, 1.165) is 3.57 Å². The van der Waals surface area contributed by atoms with Crippen molar-refractivity contribution >= 4 is 51.5 Å². The Labute approximate surface area is 159 Å². The fourth-order valence-corrected chi connectivity index (χ4v) is 2.74. The number of benzene rings is 2. The number of hydroxylamine groups is 1. The predicted molar refractivity (Wildman–Crippen MR) is 94.3 cm³/mol. The highest BCUT2D eigenvalue weighted by Crippen LogP contribution is 2.32. The van der Waals surface area contributed by atoms with Crippen LogP contribution in [0.4, 0.5) is 24.5 Å². The Morgan fingerprint density at radius 1 is 1.24 bits per heavy atom. The van der Waals surface area contributed by atoms with Gasteiger partial charge in [-0.2, -0.15) is 0 Å². The molecular formula is C15H11ClF3IN2O3. The van der Waals surface area contributed by atoms with Crippen LogP contribution in [-0.2, 0) is 4.84 Å². The molecule has 0 heterocycles. The van der Waals surface area contributed by atoms with Crippen molar-refractivity contribution in [2.24, 2.45) is 0 Å². The summed E-state index contributed by atoms with van der Waals surface area (Å²) < 4.78 is 42.1. The number of anilines is 2. The molecule has 10 heteroatoms. The zero-order chi connectivity index (χ0) is 18.6. The summed E-state index contributed by atoms with van der Waals surface area (Å²) in [5, 5.41) is 11.3. The molecule has 0 unspecified atom stereocenters. The maximum atomic E-state index is 14.2. The minimum atomic E-state index is -1.74. The normalized spacial score (nSPS) is 10.6. The van der Waals surface area contributed by atoms with Crippen LogP contribution in [-0.4, -0.2) is 24.2 Å². The third-order valence-electron chi connectivity index (χ3n) is 2.96. The fourth-order valence-electron chi connectivity index (χ4n) is 1.84. The van der Waals surface area contributed by atoms with Gasteiger partial charge in [0, 0.05) is 3.57 Å². The molecule has 0 atom stereocenters. The van der Waals surface area contributed by atoms with Gasteiger partial charge in [-0.25, -0.2) is 18.7 Å². The van der Waals surface area contributed by atoms with E-state index < -0.39 is 34.6 Å². The first-order valence-electron chi connectivity index (χ1n) is 6.77. The van der Waals surface area contributed by atoms with E-state index in [1.54, 1.807) is 12.1 Å². The van der Waals surface area contributed by atoms with Crippen molar-refractivity contribution in [1.29, 1.82) is 0 Å². The topological polar surface area (TPSA) is 70.6 Å². The van der Waals surface area contributed by atoms with E-state index in [4.69, 9.17) is 16.7 Å². The van der Waals surface area contributed by atoms with Crippen molar-refractivity contribution in [2.75, 3.05) is 18.5 Å². The van der Waals surface area contributed by atoms with E-state index in [0.29, 0.717) is 6.07 Å². The summed E-state index contributed by atoms with van der Waals surface area (Å²) in [6, 6.07) is 5.23. The number of amides is 1. The number of aliphatic hydroxyl groups is 1. The average Bonchev–Trinajstić information content (AvgIpc) is 2.57. The fraction of sp³-hybridized carbons (Fsp3) is 0.133. The molecule has 0 bridgehead atoms. The minimum Gasteiger partial charge on any atom is -0.394 e. The molecule has 1 amide bonds. The number of rotatable bonds is 6. The molecule has 2 aromatic rings. The number of aliphatic hydroxyl groups excluding tert-OH is 1. The lowest BCUT2D eigenvalue weighted by atomic mass is 10.1. The van der Waals surface area contributed by atoms with Crippen molar-refractivity contribution in [1.82, 2.24) is 5.48 Å². The van der Waals surface area contributed by atoms with Gasteiger partial charge in [0.1, 0.15) is 0 Å². The van der Waals surface area contributed by atoms with E-state index in [9.17, 15) is 18.0 Å². The van der Waals surface area contributed by atoms with Crippen LogP contribution in [0.1, 0.15) is 10.4 Å². The van der Waals surface area contributed by atoms with Crippen LogP contribution in [0.5, 0.6) is 0 Å². The van der Waals surface area contributed by atoms with E-state index >= 15 is 0 Å². The van der Waals surface area contributed by atoms with Gasteiger partial charge in [-0.3, -0.25) is 9.63 Å². The van der Waals surface area contributed by atoms with Gasteiger partial charge in [0.15, 0.2) is 17.5 Å². The predicted octanol–water partition coefficient (Wildman–Crippen LogP) is 3.76. The van der Waals surface area contributed by atoms with Gasteiger partial charge in [0.2, 0.25) is 0 Å². The number of hydrogen-bond donors (Lipinski definition) is 3. The van der Waals surface area contributed by atoms with Crippen LogP contribution in [0.2, 0.25) is 5.02 Å². The number of halogens is 5. The summed E-state index contributed by atoms with van der Waals surface area (Å²) in [7, 11) is 0. The third-order valence-corrected chi connectivity index (χ3v) is 3.94. The molecule has 0 radical (unpaired) electrons. The van der Waals surface area contributed by atoms with Crippen LogP contribution in [0.25, 0.3) is 0 Å². The van der Waals surface area contributed by atoms with Crippen LogP contribution in [0, 0.1) is 21.0 Å². The molecule has 0 fully saturated rings. The molecule has 3 N–H and O–H groups in total. The molecule has 134 valence electrons. The van der Waals surface area contributed by atoms with Crippen molar-refractivity contribution in [3.05, 3.63) is 55.9 Å². The van der Waals surface area contributed by atoms with Crippen molar-refractivity contribution in [2.45, 2.75) is 0 Å². The molecule has 2 aromatic carbocycles. The molecule has 0 aliphatic heterocycles. The highest BCUT2D eigenvalue weighted by Gasteiger charge is 2.23. The zero-order valence-electron chi connectivity index (χ0n) is 12.4. The highest BCUT2D eigenvalue weighted by atomic mass is 127. The van der Waals surface area contributed by atoms with Gasteiger partial charge in [0.05, 0.1) is 35.2 Å². The van der Waals surface area contributed by atoms with Crippen LogP contribution in [0.3, 0.4) is 0 Å². The molecule has 2 rings (SSSR count). The van der Waals surface area contributed by atoms with E-state index in [-0.39, 0.29) is 23.9 Å². The van der Waals surface area contributed by atoms with Crippen molar-refractivity contribution < 1.29 is 27.9 Å². The van der Waals surface area contributed by atoms with E-state index in [2.05, 4.69) is 10.2 Å². The van der Waals surface area contributed by atoms with Crippen LogP contribution >= 0.6 is 34.2 Å². The SMILES string of the molecule is O=C(NOCCO)c1cc(F)c(F)c(F)c1Nc1ccc(I)cc1Cl. The quantitative estimate of drug-likeness (QED) is 0.252. The van der Waals surface area contributed by atoms with Crippen molar-refractivity contribution in [3.63, 3.8) is 0 Å². The molecule has 5 nitrogen and oxygen atoms in total. The second-order valence-electron chi connectivity index (χ2n) is 4.66. The Kier molecular flexibility index (Phi) is 6.87. The van der Waals surface area contributed by atoms with Gasteiger partial charge in [0.25, 0.3) is 5.91 Å². The van der Waals surface area contributed by atoms with E-state index in [1.165, 1.54) is 6.07 Å². The second-order valence-corrected chi connectivity index (χ2v) is 6.31.